The Morgan fingerprint density at radius 1 is 1.47 bits per heavy atom. The van der Waals surface area contributed by atoms with Gasteiger partial charge in [0.05, 0.1) is 7.11 Å². The Kier molecular flexibility index (Phi) is 5.98. The van der Waals surface area contributed by atoms with E-state index in [0.717, 1.165) is 4.47 Å². The van der Waals surface area contributed by atoms with Crippen molar-refractivity contribution in [1.82, 2.24) is 5.09 Å². The van der Waals surface area contributed by atoms with Crippen LogP contribution in [0.15, 0.2) is 28.7 Å². The first-order chi connectivity index (χ1) is 8.02. The Balaban J connectivity index is 2.50. The number of esters is 1. The molecule has 1 aromatic rings. The van der Waals surface area contributed by atoms with E-state index in [2.05, 4.69) is 25.8 Å². The van der Waals surface area contributed by atoms with E-state index < -0.39 is 13.1 Å². The largest absolute Gasteiger partial charge is 0.490 e. The Hall–Kier alpha value is -0.550. The maximum absolute atomic E-state index is 11.2. The van der Waals surface area contributed by atoms with Gasteiger partial charge in [0, 0.05) is 4.47 Å². The molecule has 2 atom stereocenters. The highest BCUT2D eigenvalue weighted by Gasteiger charge is 2.23. The lowest BCUT2D eigenvalue weighted by Crippen LogP contribution is -2.30. The number of carbonyl (C=O) groups is 1. The molecule has 0 aliphatic rings. The van der Waals surface area contributed by atoms with E-state index in [9.17, 15) is 4.79 Å². The molecule has 0 radical (unpaired) electrons. The van der Waals surface area contributed by atoms with E-state index in [-0.39, 0.29) is 5.97 Å². The minimum atomic E-state index is -1.33. The predicted molar refractivity (Wildman–Crippen MR) is 73.7 cm³/mol. The molecule has 92 valence electrons. The van der Waals surface area contributed by atoms with Gasteiger partial charge in [-0.1, -0.05) is 21.0 Å². The third-order valence-electron chi connectivity index (χ3n) is 1.86. The fourth-order valence-corrected chi connectivity index (χ4v) is 2.79. The molecule has 0 bridgehead atoms. The summed E-state index contributed by atoms with van der Waals surface area (Å²) >= 11 is 8.43. The van der Waals surface area contributed by atoms with Gasteiger partial charge in [-0.2, -0.15) is 0 Å². The monoisotopic (exact) mass is 336 g/mol. The van der Waals surface area contributed by atoms with Crippen molar-refractivity contribution in [2.24, 2.45) is 0 Å². The van der Waals surface area contributed by atoms with Crippen molar-refractivity contribution >= 4 is 40.8 Å². The Labute approximate surface area is 114 Å². The predicted octanol–water partition coefficient (Wildman–Crippen LogP) is 2.75. The second-order valence-electron chi connectivity index (χ2n) is 3.18. The maximum atomic E-state index is 11.2. The molecule has 1 rings (SSSR count). The minimum Gasteiger partial charge on any atom is -0.468 e. The van der Waals surface area contributed by atoms with Gasteiger partial charge >= 0.3 is 13.0 Å². The van der Waals surface area contributed by atoms with Gasteiger partial charge in [0.2, 0.25) is 11.8 Å². The number of methoxy groups -OCH3 is 1. The summed E-state index contributed by atoms with van der Waals surface area (Å²) < 4.78 is 11.0. The van der Waals surface area contributed by atoms with Gasteiger partial charge in [-0.25, -0.2) is 0 Å². The molecular weight excluding hydrogens is 325 g/mol. The van der Waals surface area contributed by atoms with Gasteiger partial charge in [0.1, 0.15) is 6.04 Å². The molecule has 0 saturated carbocycles. The van der Waals surface area contributed by atoms with Crippen LogP contribution in [-0.2, 0) is 21.3 Å². The van der Waals surface area contributed by atoms with E-state index in [1.807, 2.05) is 12.1 Å². The fourth-order valence-electron chi connectivity index (χ4n) is 1.01. The second-order valence-corrected chi connectivity index (χ2v) is 6.04. The second kappa shape index (κ2) is 7.01. The van der Waals surface area contributed by atoms with Crippen LogP contribution in [0.2, 0.25) is 0 Å². The smallest absolute Gasteiger partial charge is 0.468 e. The van der Waals surface area contributed by atoms with Gasteiger partial charge in [0.25, 0.3) is 0 Å². The normalized spacial score (nSPS) is 12.8. The maximum Gasteiger partial charge on any atom is 0.490 e. The fraction of sp³-hybridized carbons (Fsp3) is 0.300. The third-order valence-corrected chi connectivity index (χ3v) is 3.90. The average molecular weight is 337 g/mol. The quantitative estimate of drug-likeness (QED) is 0.661. The lowest BCUT2D eigenvalue weighted by Gasteiger charge is -2.04. The van der Waals surface area contributed by atoms with Crippen LogP contribution in [-0.4, -0.2) is 19.1 Å². The van der Waals surface area contributed by atoms with Crippen molar-refractivity contribution < 1.29 is 14.1 Å². The molecular formula is C10H12BrNO3PS+. The number of carbonyl (C=O) groups excluding carboxylic acids is 1. The summed E-state index contributed by atoms with van der Waals surface area (Å²) in [5.74, 6) is 0.306. The number of hydrogen-bond acceptors (Lipinski definition) is 4. The SMILES string of the molecule is COC(=O)[C@H](C)N[P+](=S)Oc1ccc(Br)cc1. The zero-order valence-corrected chi connectivity index (χ0v) is 12.6. The molecule has 0 fully saturated rings. The topological polar surface area (TPSA) is 47.6 Å². The van der Waals surface area contributed by atoms with E-state index in [1.165, 1.54) is 7.11 Å². The molecule has 0 aliphatic heterocycles. The van der Waals surface area contributed by atoms with Gasteiger partial charge in [-0.05, 0) is 31.2 Å². The molecule has 7 heteroatoms. The van der Waals surface area contributed by atoms with Crippen LogP contribution >= 0.6 is 23.0 Å². The molecule has 1 N–H and O–H groups in total. The van der Waals surface area contributed by atoms with Crippen LogP contribution < -0.4 is 9.61 Å². The van der Waals surface area contributed by atoms with Crippen molar-refractivity contribution in [3.05, 3.63) is 28.7 Å². The number of rotatable bonds is 5. The number of halogens is 1. The van der Waals surface area contributed by atoms with Crippen LogP contribution in [0.25, 0.3) is 0 Å². The zero-order valence-electron chi connectivity index (χ0n) is 9.34. The zero-order chi connectivity index (χ0) is 12.8. The minimum absolute atomic E-state index is 0.359. The number of benzene rings is 1. The van der Waals surface area contributed by atoms with E-state index in [1.54, 1.807) is 19.1 Å². The van der Waals surface area contributed by atoms with Crippen LogP contribution in [0.4, 0.5) is 0 Å². The first kappa shape index (κ1) is 14.5. The number of nitrogens with one attached hydrogen (secondary N) is 1. The van der Waals surface area contributed by atoms with E-state index in [4.69, 9.17) is 16.3 Å². The molecule has 4 nitrogen and oxygen atoms in total. The van der Waals surface area contributed by atoms with Crippen molar-refractivity contribution in [2.75, 3.05) is 7.11 Å². The number of ether oxygens (including phenoxy) is 1. The van der Waals surface area contributed by atoms with Gasteiger partial charge < -0.3 is 4.74 Å². The van der Waals surface area contributed by atoms with Crippen LogP contribution in [0.1, 0.15) is 6.92 Å². The van der Waals surface area contributed by atoms with E-state index >= 15 is 0 Å². The van der Waals surface area contributed by atoms with Crippen LogP contribution in [0.5, 0.6) is 5.75 Å². The summed E-state index contributed by atoms with van der Waals surface area (Å²) in [6, 6.07) is 6.85. The molecule has 0 amide bonds. The van der Waals surface area contributed by atoms with Crippen molar-refractivity contribution in [2.45, 2.75) is 13.0 Å². The summed E-state index contributed by atoms with van der Waals surface area (Å²) in [5.41, 5.74) is 0. The van der Waals surface area contributed by atoms with Gasteiger partial charge in [0.15, 0.2) is 5.75 Å². The lowest BCUT2D eigenvalue weighted by molar-refractivity contribution is -0.142. The van der Waals surface area contributed by atoms with Crippen LogP contribution in [0.3, 0.4) is 0 Å². The third kappa shape index (κ3) is 5.08. The molecule has 17 heavy (non-hydrogen) atoms. The highest BCUT2D eigenvalue weighted by molar-refractivity contribution is 9.10. The van der Waals surface area contributed by atoms with E-state index in [0.29, 0.717) is 5.75 Å². The van der Waals surface area contributed by atoms with Crippen molar-refractivity contribution in [1.29, 1.82) is 0 Å². The molecule has 1 unspecified atom stereocenters. The molecule has 0 aromatic heterocycles. The lowest BCUT2D eigenvalue weighted by atomic mass is 10.3. The molecule has 1 aromatic carbocycles. The average Bonchev–Trinajstić information content (AvgIpc) is 2.30. The number of hydrogen-bond donors (Lipinski definition) is 1. The highest BCUT2D eigenvalue weighted by Crippen LogP contribution is 2.25. The molecule has 0 heterocycles. The first-order valence-electron chi connectivity index (χ1n) is 4.77. The summed E-state index contributed by atoms with van der Waals surface area (Å²) in [5, 5.41) is 2.86. The highest BCUT2D eigenvalue weighted by atomic mass is 79.9. The standard InChI is InChI=1S/C10H12BrNO3PS/c1-7(10(13)14-2)12-16(17)15-9-5-3-8(11)4-6-9/h3-7H,1-2H3,(H,12,17)/q+1/t7-/m0/s1. The summed E-state index contributed by atoms with van der Waals surface area (Å²) in [6.07, 6.45) is 0. The van der Waals surface area contributed by atoms with Crippen molar-refractivity contribution in [3.8, 4) is 5.75 Å². The Bertz CT molecular complexity index is 413. The summed E-state index contributed by atoms with van der Waals surface area (Å²) in [7, 11) is 0.00819. The summed E-state index contributed by atoms with van der Waals surface area (Å²) in [6.45, 7) is 1.68. The van der Waals surface area contributed by atoms with Gasteiger partial charge in [-0.15, -0.1) is 0 Å². The van der Waals surface area contributed by atoms with Gasteiger partial charge in [-0.3, -0.25) is 9.32 Å². The molecule has 0 spiro atoms. The Morgan fingerprint density at radius 2 is 2.06 bits per heavy atom. The summed E-state index contributed by atoms with van der Waals surface area (Å²) in [4.78, 5) is 11.2. The molecule has 0 saturated heterocycles. The molecule has 0 aliphatic carbocycles. The first-order valence-corrected chi connectivity index (χ1v) is 7.84. The Morgan fingerprint density at radius 3 is 2.59 bits per heavy atom. The van der Waals surface area contributed by atoms with Crippen LogP contribution in [0, 0.1) is 0 Å². The van der Waals surface area contributed by atoms with Crippen molar-refractivity contribution in [3.63, 3.8) is 0 Å².